The highest BCUT2D eigenvalue weighted by Crippen LogP contribution is 2.55. The van der Waals surface area contributed by atoms with E-state index in [9.17, 15) is 14.7 Å². The number of rotatable bonds is 2. The number of hydrogen-bond donors (Lipinski definition) is 1. The smallest absolute Gasteiger partial charge is 0.411 e. The summed E-state index contributed by atoms with van der Waals surface area (Å²) in [4.78, 5) is 25.6. The maximum Gasteiger partial charge on any atom is 0.411 e. The van der Waals surface area contributed by atoms with Crippen molar-refractivity contribution in [1.82, 2.24) is 4.90 Å². The maximum absolute atomic E-state index is 12.4. The van der Waals surface area contributed by atoms with E-state index >= 15 is 0 Å². The monoisotopic (exact) mass is 269 g/mol. The van der Waals surface area contributed by atoms with Gasteiger partial charge in [-0.2, -0.15) is 0 Å². The summed E-state index contributed by atoms with van der Waals surface area (Å²) in [7, 11) is 0. The molecule has 2 heterocycles. The fourth-order valence-corrected chi connectivity index (χ4v) is 3.53. The van der Waals surface area contributed by atoms with Gasteiger partial charge in [0.25, 0.3) is 0 Å². The van der Waals surface area contributed by atoms with Crippen molar-refractivity contribution >= 4 is 12.1 Å². The minimum Gasteiger partial charge on any atom is -0.479 e. The molecule has 2 aliphatic heterocycles. The van der Waals surface area contributed by atoms with Gasteiger partial charge in [0.1, 0.15) is 11.1 Å². The first-order valence-electron chi connectivity index (χ1n) is 6.94. The van der Waals surface area contributed by atoms with Gasteiger partial charge in [-0.05, 0) is 52.9 Å². The molecule has 0 spiro atoms. The van der Waals surface area contributed by atoms with Crippen molar-refractivity contribution in [2.45, 2.75) is 76.5 Å². The molecule has 0 unspecified atom stereocenters. The number of fused-ring (bicyclic) bond motifs is 2. The Labute approximate surface area is 113 Å². The van der Waals surface area contributed by atoms with Crippen molar-refractivity contribution in [2.24, 2.45) is 0 Å². The van der Waals surface area contributed by atoms with Gasteiger partial charge in [0.2, 0.25) is 0 Å². The van der Waals surface area contributed by atoms with Crippen LogP contribution in [0.1, 0.15) is 59.8 Å². The lowest BCUT2D eigenvalue weighted by molar-refractivity contribution is -0.149. The minimum atomic E-state index is -1.04. The van der Waals surface area contributed by atoms with Gasteiger partial charge in [0.15, 0.2) is 0 Å². The quantitative estimate of drug-likeness (QED) is 0.837. The van der Waals surface area contributed by atoms with Crippen LogP contribution in [0.5, 0.6) is 0 Å². The van der Waals surface area contributed by atoms with Gasteiger partial charge in [-0.25, -0.2) is 9.59 Å². The van der Waals surface area contributed by atoms with Crippen LogP contribution in [-0.2, 0) is 9.53 Å². The number of carbonyl (C=O) groups excluding carboxylic acids is 1. The minimum absolute atomic E-state index is 0.319. The van der Waals surface area contributed by atoms with Crippen molar-refractivity contribution in [3.63, 3.8) is 0 Å². The number of carbonyl (C=O) groups is 2. The Morgan fingerprint density at radius 2 is 1.74 bits per heavy atom. The fourth-order valence-electron chi connectivity index (χ4n) is 3.53. The molecule has 2 bridgehead atoms. The molecule has 0 aromatic rings. The lowest BCUT2D eigenvalue weighted by Gasteiger charge is -2.37. The zero-order valence-electron chi connectivity index (χ0n) is 12.2. The maximum atomic E-state index is 12.4. The van der Waals surface area contributed by atoms with E-state index in [1.54, 1.807) is 20.8 Å². The highest BCUT2D eigenvalue weighted by Gasteiger charge is 2.66. The molecule has 108 valence electrons. The third-order valence-corrected chi connectivity index (χ3v) is 4.54. The van der Waals surface area contributed by atoms with Crippen LogP contribution in [0.25, 0.3) is 0 Å². The van der Waals surface area contributed by atoms with Gasteiger partial charge < -0.3 is 9.84 Å². The highest BCUT2D eigenvalue weighted by molar-refractivity contribution is 5.87. The Kier molecular flexibility index (Phi) is 3.07. The predicted octanol–water partition coefficient (Wildman–Crippen LogP) is 2.78. The SMILES string of the molecule is CCC12CCC(C(=O)O)(CC1)N2C(=O)OC(C)(C)C. The van der Waals surface area contributed by atoms with Crippen molar-refractivity contribution in [1.29, 1.82) is 0 Å². The van der Waals surface area contributed by atoms with E-state index < -0.39 is 23.2 Å². The van der Waals surface area contributed by atoms with Gasteiger partial charge in [0.05, 0.1) is 0 Å². The molecular formula is C14H23NO4. The fraction of sp³-hybridized carbons (Fsp3) is 0.857. The summed E-state index contributed by atoms with van der Waals surface area (Å²) in [5, 5.41) is 9.57. The molecule has 1 amide bonds. The molecule has 2 rings (SSSR count). The molecule has 0 aliphatic carbocycles. The molecule has 0 radical (unpaired) electrons. The van der Waals surface area contributed by atoms with Crippen LogP contribution in [0.2, 0.25) is 0 Å². The summed E-state index contributed by atoms with van der Waals surface area (Å²) >= 11 is 0. The Morgan fingerprint density at radius 1 is 1.21 bits per heavy atom. The largest absolute Gasteiger partial charge is 0.479 e. The molecule has 2 fully saturated rings. The number of carboxylic acid groups (broad SMARTS) is 1. The summed E-state index contributed by atoms with van der Waals surface area (Å²) in [6.45, 7) is 7.42. The van der Waals surface area contributed by atoms with Crippen LogP contribution in [0, 0.1) is 0 Å². The van der Waals surface area contributed by atoms with Crippen molar-refractivity contribution in [2.75, 3.05) is 0 Å². The number of ether oxygens (including phenoxy) is 1. The lowest BCUT2D eigenvalue weighted by Crippen LogP contribution is -2.55. The summed E-state index contributed by atoms with van der Waals surface area (Å²) in [5.41, 5.74) is -1.97. The first-order valence-corrected chi connectivity index (χ1v) is 6.94. The third-order valence-electron chi connectivity index (χ3n) is 4.54. The number of carboxylic acids is 1. The second kappa shape index (κ2) is 4.12. The number of aliphatic carboxylic acids is 1. The van der Waals surface area contributed by atoms with Crippen LogP contribution in [0.3, 0.4) is 0 Å². The zero-order valence-corrected chi connectivity index (χ0v) is 12.2. The first-order chi connectivity index (χ1) is 8.67. The van der Waals surface area contributed by atoms with Crippen molar-refractivity contribution in [3.05, 3.63) is 0 Å². The molecule has 5 heteroatoms. The van der Waals surface area contributed by atoms with Crippen LogP contribution in [0.4, 0.5) is 4.79 Å². The molecule has 19 heavy (non-hydrogen) atoms. The summed E-state index contributed by atoms with van der Waals surface area (Å²) in [5.74, 6) is -0.897. The Hall–Kier alpha value is -1.26. The van der Waals surface area contributed by atoms with Crippen LogP contribution in [-0.4, -0.2) is 38.7 Å². The summed E-state index contributed by atoms with van der Waals surface area (Å²) in [6.07, 6.45) is 2.89. The van der Waals surface area contributed by atoms with Crippen molar-refractivity contribution < 1.29 is 19.4 Å². The predicted molar refractivity (Wildman–Crippen MR) is 69.9 cm³/mol. The molecule has 0 aromatic carbocycles. The van der Waals surface area contributed by atoms with E-state index in [1.165, 1.54) is 4.90 Å². The van der Waals surface area contributed by atoms with E-state index in [2.05, 4.69) is 0 Å². The molecule has 0 aromatic heterocycles. The van der Waals surface area contributed by atoms with Crippen molar-refractivity contribution in [3.8, 4) is 0 Å². The lowest BCUT2D eigenvalue weighted by atomic mass is 9.81. The standard InChI is InChI=1S/C14H23NO4/c1-5-13-6-8-14(9-7-13,10(16)17)15(13)11(18)19-12(2,3)4/h5-9H2,1-4H3,(H,16,17). The number of amides is 1. The molecule has 2 saturated heterocycles. The highest BCUT2D eigenvalue weighted by atomic mass is 16.6. The van der Waals surface area contributed by atoms with Gasteiger partial charge in [-0.1, -0.05) is 6.92 Å². The molecule has 5 nitrogen and oxygen atoms in total. The van der Waals surface area contributed by atoms with Gasteiger partial charge in [-0.3, -0.25) is 4.90 Å². The second-order valence-corrected chi connectivity index (χ2v) is 6.73. The average Bonchev–Trinajstić information content (AvgIpc) is 2.79. The van der Waals surface area contributed by atoms with E-state index in [4.69, 9.17) is 4.74 Å². The Morgan fingerprint density at radius 3 is 2.11 bits per heavy atom. The number of hydrogen-bond acceptors (Lipinski definition) is 3. The van der Waals surface area contributed by atoms with E-state index in [0.29, 0.717) is 12.8 Å². The average molecular weight is 269 g/mol. The zero-order chi connectivity index (χ0) is 14.5. The Bertz CT molecular complexity index is 402. The van der Waals surface area contributed by atoms with Crippen LogP contribution >= 0.6 is 0 Å². The molecule has 2 aliphatic rings. The normalized spacial score (nSPS) is 33.6. The summed E-state index contributed by atoms with van der Waals surface area (Å²) < 4.78 is 5.43. The second-order valence-electron chi connectivity index (χ2n) is 6.73. The van der Waals surface area contributed by atoms with E-state index in [-0.39, 0.29) is 5.54 Å². The summed E-state index contributed by atoms with van der Waals surface area (Å²) in [6, 6.07) is 0. The van der Waals surface area contributed by atoms with Gasteiger partial charge >= 0.3 is 12.1 Å². The first kappa shape index (κ1) is 14.2. The third kappa shape index (κ3) is 1.99. The molecular weight excluding hydrogens is 246 g/mol. The van der Waals surface area contributed by atoms with Crippen LogP contribution < -0.4 is 0 Å². The molecule has 0 atom stereocenters. The molecule has 0 saturated carbocycles. The van der Waals surface area contributed by atoms with Crippen LogP contribution in [0.15, 0.2) is 0 Å². The molecule has 1 N–H and O–H groups in total. The number of nitrogens with zero attached hydrogens (tertiary/aromatic N) is 1. The van der Waals surface area contributed by atoms with Gasteiger partial charge in [-0.15, -0.1) is 0 Å². The van der Waals surface area contributed by atoms with Gasteiger partial charge in [0, 0.05) is 5.54 Å². The van der Waals surface area contributed by atoms with E-state index in [1.807, 2.05) is 6.92 Å². The Balaban J connectivity index is 2.35. The topological polar surface area (TPSA) is 66.8 Å². The van der Waals surface area contributed by atoms with E-state index in [0.717, 1.165) is 19.3 Å².